The SMILES string of the molecule is C=O.C=O.C=O.[Ni]. The fourth-order valence-corrected chi connectivity index (χ4v) is 0. The quantitative estimate of drug-likeness (QED) is 0.433. The van der Waals surface area contributed by atoms with Crippen molar-refractivity contribution in [1.82, 2.24) is 0 Å². The van der Waals surface area contributed by atoms with E-state index < -0.39 is 0 Å². The van der Waals surface area contributed by atoms with Gasteiger partial charge in [-0.1, -0.05) is 0 Å². The molecule has 4 heteroatoms. The molecule has 46 valence electrons. The number of carbonyl (C=O) groups excluding carboxylic acids is 3. The summed E-state index contributed by atoms with van der Waals surface area (Å²) in [5.41, 5.74) is 0. The van der Waals surface area contributed by atoms with Crippen LogP contribution < -0.4 is 0 Å². The average molecular weight is 149 g/mol. The third-order valence-electron chi connectivity index (χ3n) is 0. The van der Waals surface area contributed by atoms with E-state index in [-0.39, 0.29) is 16.5 Å². The Hall–Kier alpha value is -0.496. The summed E-state index contributed by atoms with van der Waals surface area (Å²) >= 11 is 0. The molecular weight excluding hydrogens is 143 g/mol. The van der Waals surface area contributed by atoms with Gasteiger partial charge in [0.1, 0.15) is 20.4 Å². The van der Waals surface area contributed by atoms with Crippen molar-refractivity contribution in [1.29, 1.82) is 0 Å². The van der Waals surface area contributed by atoms with Crippen LogP contribution in [0.2, 0.25) is 0 Å². The summed E-state index contributed by atoms with van der Waals surface area (Å²) in [5.74, 6) is 0. The van der Waals surface area contributed by atoms with E-state index in [2.05, 4.69) is 0 Å². The first-order valence-electron chi connectivity index (χ1n) is 0.866. The fourth-order valence-electron chi connectivity index (χ4n) is 0. The number of carbonyl (C=O) groups is 3. The molecule has 0 fully saturated rings. The maximum atomic E-state index is 8.00. The van der Waals surface area contributed by atoms with E-state index in [1.54, 1.807) is 0 Å². The molecule has 0 aromatic heterocycles. The monoisotopic (exact) mass is 148 g/mol. The summed E-state index contributed by atoms with van der Waals surface area (Å²) in [6.07, 6.45) is 0. The van der Waals surface area contributed by atoms with Gasteiger partial charge in [0.2, 0.25) is 0 Å². The molecule has 0 bridgehead atoms. The van der Waals surface area contributed by atoms with E-state index in [4.69, 9.17) is 14.4 Å². The van der Waals surface area contributed by atoms with Crippen LogP contribution in [0.5, 0.6) is 0 Å². The Bertz CT molecular complexity index is 14.9. The molecule has 0 aromatic rings. The molecule has 0 N–H and O–H groups in total. The number of hydrogen-bond donors (Lipinski definition) is 0. The standard InChI is InChI=1S/3CH2O.Ni/c3*1-2;/h3*1H2;. The molecular formula is C3H6NiO3. The summed E-state index contributed by atoms with van der Waals surface area (Å²) in [7, 11) is 0. The van der Waals surface area contributed by atoms with E-state index in [1.807, 2.05) is 20.4 Å². The van der Waals surface area contributed by atoms with Crippen LogP contribution in [-0.2, 0) is 30.9 Å². The summed E-state index contributed by atoms with van der Waals surface area (Å²) in [4.78, 5) is 24.0. The van der Waals surface area contributed by atoms with Crippen LogP contribution in [0.15, 0.2) is 0 Å². The van der Waals surface area contributed by atoms with Crippen LogP contribution >= 0.6 is 0 Å². The Labute approximate surface area is 52.0 Å². The largest absolute Gasteiger partial charge is 0.307 e. The molecule has 0 saturated carbocycles. The van der Waals surface area contributed by atoms with Gasteiger partial charge in [0, 0.05) is 16.5 Å². The molecule has 0 rings (SSSR count). The van der Waals surface area contributed by atoms with Crippen molar-refractivity contribution >= 4 is 20.4 Å². The molecule has 0 unspecified atom stereocenters. The van der Waals surface area contributed by atoms with E-state index in [1.165, 1.54) is 0 Å². The predicted octanol–water partition coefficient (Wildman–Crippen LogP) is -0.557. The van der Waals surface area contributed by atoms with Crippen LogP contribution in [0.1, 0.15) is 0 Å². The first-order valence-corrected chi connectivity index (χ1v) is 0.866. The van der Waals surface area contributed by atoms with Gasteiger partial charge in [-0.3, -0.25) is 0 Å². The molecule has 0 atom stereocenters. The second-order valence-corrected chi connectivity index (χ2v) is 0. The van der Waals surface area contributed by atoms with Gasteiger partial charge in [-0.2, -0.15) is 0 Å². The van der Waals surface area contributed by atoms with Crippen LogP contribution in [0, 0.1) is 0 Å². The van der Waals surface area contributed by atoms with Crippen molar-refractivity contribution < 1.29 is 30.9 Å². The van der Waals surface area contributed by atoms with Gasteiger partial charge in [-0.05, 0) is 0 Å². The Morgan fingerprint density at radius 2 is 0.571 bits per heavy atom. The average Bonchev–Trinajstić information content (AvgIpc) is 1.81. The normalized spacial score (nSPS) is 1.71. The van der Waals surface area contributed by atoms with Gasteiger partial charge in [0.25, 0.3) is 0 Å². The Kier molecular flexibility index (Phi) is 2030. The van der Waals surface area contributed by atoms with Crippen molar-refractivity contribution in [2.24, 2.45) is 0 Å². The van der Waals surface area contributed by atoms with Gasteiger partial charge in [0.15, 0.2) is 0 Å². The summed E-state index contributed by atoms with van der Waals surface area (Å²) in [5, 5.41) is 0. The fraction of sp³-hybridized carbons (Fsp3) is 0. The molecule has 0 heterocycles. The van der Waals surface area contributed by atoms with Crippen LogP contribution in [0.3, 0.4) is 0 Å². The molecule has 0 amide bonds. The molecule has 0 aliphatic heterocycles. The van der Waals surface area contributed by atoms with Crippen molar-refractivity contribution in [2.45, 2.75) is 0 Å². The maximum Gasteiger partial charge on any atom is 0.106 e. The minimum atomic E-state index is 0. The van der Waals surface area contributed by atoms with E-state index >= 15 is 0 Å². The number of rotatable bonds is 0. The molecule has 3 nitrogen and oxygen atoms in total. The smallest absolute Gasteiger partial charge is 0.106 e. The second-order valence-electron chi connectivity index (χ2n) is 0. The topological polar surface area (TPSA) is 51.2 Å². The van der Waals surface area contributed by atoms with Crippen LogP contribution in [0.25, 0.3) is 0 Å². The van der Waals surface area contributed by atoms with E-state index in [0.717, 1.165) is 0 Å². The van der Waals surface area contributed by atoms with Gasteiger partial charge >= 0.3 is 0 Å². The molecule has 0 aliphatic carbocycles. The molecule has 0 radical (unpaired) electrons. The van der Waals surface area contributed by atoms with Crippen molar-refractivity contribution in [3.8, 4) is 0 Å². The minimum absolute atomic E-state index is 0. The third-order valence-corrected chi connectivity index (χ3v) is 0. The second kappa shape index (κ2) is 453. The molecule has 0 saturated heterocycles. The summed E-state index contributed by atoms with van der Waals surface area (Å²) in [6.45, 7) is 6.00. The maximum absolute atomic E-state index is 8.00. The zero-order valence-electron chi connectivity index (χ0n) is 3.66. The van der Waals surface area contributed by atoms with Crippen LogP contribution in [-0.4, -0.2) is 20.4 Å². The van der Waals surface area contributed by atoms with Gasteiger partial charge < -0.3 is 14.4 Å². The van der Waals surface area contributed by atoms with Gasteiger partial charge in [-0.15, -0.1) is 0 Å². The Morgan fingerprint density at radius 3 is 0.571 bits per heavy atom. The van der Waals surface area contributed by atoms with Crippen molar-refractivity contribution in [2.75, 3.05) is 0 Å². The minimum Gasteiger partial charge on any atom is -0.307 e. The van der Waals surface area contributed by atoms with Crippen molar-refractivity contribution in [3.05, 3.63) is 0 Å². The Balaban J connectivity index is -0.00000000900. The summed E-state index contributed by atoms with van der Waals surface area (Å²) < 4.78 is 0. The van der Waals surface area contributed by atoms with Gasteiger partial charge in [-0.25, -0.2) is 0 Å². The zero-order chi connectivity index (χ0) is 6.00. The first kappa shape index (κ1) is 31.4. The number of hydrogen-bond acceptors (Lipinski definition) is 3. The first-order chi connectivity index (χ1) is 3.00. The van der Waals surface area contributed by atoms with Crippen LogP contribution in [0.4, 0.5) is 0 Å². The van der Waals surface area contributed by atoms with Crippen molar-refractivity contribution in [3.63, 3.8) is 0 Å². The molecule has 0 spiro atoms. The molecule has 7 heavy (non-hydrogen) atoms. The molecule has 0 aliphatic rings. The third kappa shape index (κ3) is 274. The van der Waals surface area contributed by atoms with Gasteiger partial charge in [0.05, 0.1) is 0 Å². The zero-order valence-corrected chi connectivity index (χ0v) is 4.65. The predicted molar refractivity (Wildman–Crippen MR) is 21.4 cm³/mol. The van der Waals surface area contributed by atoms with E-state index in [9.17, 15) is 0 Å². The molecule has 0 aromatic carbocycles. The summed E-state index contributed by atoms with van der Waals surface area (Å²) in [6, 6.07) is 0. The Morgan fingerprint density at radius 1 is 0.571 bits per heavy atom. The van der Waals surface area contributed by atoms with E-state index in [0.29, 0.717) is 0 Å².